The first-order valence-electron chi connectivity index (χ1n) is 5.57. The second-order valence-corrected chi connectivity index (χ2v) is 3.92. The maximum atomic E-state index is 12.8. The van der Waals surface area contributed by atoms with Crippen LogP contribution in [-0.2, 0) is 0 Å². The molecule has 0 aliphatic heterocycles. The van der Waals surface area contributed by atoms with Crippen LogP contribution in [0.2, 0.25) is 0 Å². The Morgan fingerprint density at radius 1 is 1.16 bits per heavy atom. The van der Waals surface area contributed by atoms with Crippen LogP contribution < -0.4 is 11.5 Å². The number of aromatic nitrogens is 2. The fourth-order valence-corrected chi connectivity index (χ4v) is 1.50. The van der Waals surface area contributed by atoms with Gasteiger partial charge in [0.15, 0.2) is 5.82 Å². The van der Waals surface area contributed by atoms with E-state index in [2.05, 4.69) is 16.5 Å². The molecule has 2 rings (SSSR count). The van der Waals surface area contributed by atoms with E-state index in [1.165, 1.54) is 18.5 Å². The van der Waals surface area contributed by atoms with Crippen LogP contribution in [0.15, 0.2) is 43.2 Å². The third kappa shape index (κ3) is 2.95. The third-order valence-electron chi connectivity index (χ3n) is 2.60. The Morgan fingerprint density at radius 3 is 2.53 bits per heavy atom. The molecule has 0 fully saturated rings. The molecule has 0 aliphatic carbocycles. The monoisotopic (exact) mass is 256 g/mol. The summed E-state index contributed by atoms with van der Waals surface area (Å²) in [5, 5.41) is 0. The standard InChI is InChI=1S/C14H13FN4/c1-9(10-3-5-11(15)6-4-10)2-7-12-13(16)14(17)19-8-18-12/h2-8H,1,16H2,(H2,17,18,19). The largest absolute Gasteiger partial charge is 0.394 e. The number of benzene rings is 1. The normalized spacial score (nSPS) is 10.8. The molecule has 5 heteroatoms. The Kier molecular flexibility index (Phi) is 3.56. The van der Waals surface area contributed by atoms with Gasteiger partial charge in [0.25, 0.3) is 0 Å². The number of nitrogens with two attached hydrogens (primary N) is 2. The van der Waals surface area contributed by atoms with Crippen molar-refractivity contribution in [2.24, 2.45) is 0 Å². The van der Waals surface area contributed by atoms with Crippen LogP contribution in [0, 0.1) is 5.82 Å². The first kappa shape index (κ1) is 12.8. The Bertz CT molecular complexity index is 632. The zero-order valence-corrected chi connectivity index (χ0v) is 10.2. The molecule has 96 valence electrons. The molecule has 0 atom stereocenters. The lowest BCUT2D eigenvalue weighted by molar-refractivity contribution is 0.627. The van der Waals surface area contributed by atoms with E-state index in [0.29, 0.717) is 11.4 Å². The molecule has 0 bridgehead atoms. The summed E-state index contributed by atoms with van der Waals surface area (Å²) in [6.07, 6.45) is 4.77. The first-order chi connectivity index (χ1) is 9.08. The van der Waals surface area contributed by atoms with Crippen molar-refractivity contribution in [2.45, 2.75) is 0 Å². The predicted octanol–water partition coefficient (Wildman–Crippen LogP) is 2.51. The highest BCUT2D eigenvalue weighted by atomic mass is 19.1. The minimum atomic E-state index is -0.284. The quantitative estimate of drug-likeness (QED) is 0.827. The second kappa shape index (κ2) is 5.30. The molecule has 4 nitrogen and oxygen atoms in total. The van der Waals surface area contributed by atoms with Crippen LogP contribution in [0.4, 0.5) is 15.9 Å². The summed E-state index contributed by atoms with van der Waals surface area (Å²) in [5.41, 5.74) is 13.7. The van der Waals surface area contributed by atoms with Crippen LogP contribution in [-0.4, -0.2) is 9.97 Å². The summed E-state index contributed by atoms with van der Waals surface area (Å²) in [5.74, 6) is -0.0459. The van der Waals surface area contributed by atoms with Crippen LogP contribution in [0.3, 0.4) is 0 Å². The smallest absolute Gasteiger partial charge is 0.150 e. The number of anilines is 2. The lowest BCUT2D eigenvalue weighted by atomic mass is 10.1. The molecule has 2 aromatic rings. The molecule has 0 spiro atoms. The number of halogens is 1. The van der Waals surface area contributed by atoms with Gasteiger partial charge in [-0.3, -0.25) is 0 Å². The van der Waals surface area contributed by atoms with Crippen molar-refractivity contribution in [3.8, 4) is 0 Å². The van der Waals surface area contributed by atoms with E-state index >= 15 is 0 Å². The van der Waals surface area contributed by atoms with Gasteiger partial charge in [-0.05, 0) is 29.3 Å². The molecule has 0 saturated heterocycles. The van der Waals surface area contributed by atoms with Crippen molar-refractivity contribution in [3.63, 3.8) is 0 Å². The third-order valence-corrected chi connectivity index (χ3v) is 2.60. The van der Waals surface area contributed by atoms with Gasteiger partial charge in [0.1, 0.15) is 17.8 Å². The molecule has 0 saturated carbocycles. The summed E-state index contributed by atoms with van der Waals surface area (Å²) in [6.45, 7) is 3.90. The van der Waals surface area contributed by atoms with Crippen LogP contribution >= 0.6 is 0 Å². The molecule has 19 heavy (non-hydrogen) atoms. The van der Waals surface area contributed by atoms with E-state index in [-0.39, 0.29) is 11.6 Å². The molecule has 0 unspecified atom stereocenters. The van der Waals surface area contributed by atoms with E-state index in [0.717, 1.165) is 11.1 Å². The average molecular weight is 256 g/mol. The van der Waals surface area contributed by atoms with Gasteiger partial charge in [0.2, 0.25) is 0 Å². The molecule has 0 amide bonds. The average Bonchev–Trinajstić information content (AvgIpc) is 2.41. The Morgan fingerprint density at radius 2 is 1.84 bits per heavy atom. The highest BCUT2D eigenvalue weighted by molar-refractivity contribution is 5.80. The SMILES string of the molecule is C=C(C=Cc1ncnc(N)c1N)c1ccc(F)cc1. The van der Waals surface area contributed by atoms with Gasteiger partial charge < -0.3 is 11.5 Å². The number of hydrogen-bond acceptors (Lipinski definition) is 4. The van der Waals surface area contributed by atoms with Gasteiger partial charge in [0.05, 0.1) is 5.69 Å². The molecule has 1 aromatic heterocycles. The van der Waals surface area contributed by atoms with Gasteiger partial charge in [0, 0.05) is 0 Å². The molecule has 0 aliphatic rings. The Labute approximate surface area is 110 Å². The zero-order valence-electron chi connectivity index (χ0n) is 10.2. The number of hydrogen-bond donors (Lipinski definition) is 2. The van der Waals surface area contributed by atoms with Gasteiger partial charge in [-0.2, -0.15) is 0 Å². The maximum Gasteiger partial charge on any atom is 0.150 e. The topological polar surface area (TPSA) is 77.8 Å². The minimum Gasteiger partial charge on any atom is -0.394 e. The Hall–Kier alpha value is -2.69. The number of rotatable bonds is 3. The fourth-order valence-electron chi connectivity index (χ4n) is 1.50. The van der Waals surface area contributed by atoms with E-state index < -0.39 is 0 Å². The summed E-state index contributed by atoms with van der Waals surface area (Å²) in [4.78, 5) is 7.79. The number of nitrogen functional groups attached to an aromatic ring is 2. The lowest BCUT2D eigenvalue weighted by Crippen LogP contribution is -2.01. The fraction of sp³-hybridized carbons (Fsp3) is 0. The molecule has 0 radical (unpaired) electrons. The molecule has 4 N–H and O–H groups in total. The van der Waals surface area contributed by atoms with Gasteiger partial charge >= 0.3 is 0 Å². The Balaban J connectivity index is 2.21. The highest BCUT2D eigenvalue weighted by Gasteiger charge is 2.02. The van der Waals surface area contributed by atoms with Gasteiger partial charge in [-0.15, -0.1) is 0 Å². The number of allylic oxidation sites excluding steroid dienone is 2. The van der Waals surface area contributed by atoms with Crippen LogP contribution in [0.1, 0.15) is 11.3 Å². The highest BCUT2D eigenvalue weighted by Crippen LogP contribution is 2.19. The molecular formula is C14H13FN4. The van der Waals surface area contributed by atoms with Crippen LogP contribution in [0.5, 0.6) is 0 Å². The second-order valence-electron chi connectivity index (χ2n) is 3.92. The van der Waals surface area contributed by atoms with E-state index in [9.17, 15) is 4.39 Å². The van der Waals surface area contributed by atoms with E-state index in [1.807, 2.05) is 0 Å². The van der Waals surface area contributed by atoms with Gasteiger partial charge in [-0.1, -0.05) is 24.8 Å². The zero-order chi connectivity index (χ0) is 13.8. The van der Waals surface area contributed by atoms with Crippen molar-refractivity contribution < 1.29 is 4.39 Å². The summed E-state index contributed by atoms with van der Waals surface area (Å²) >= 11 is 0. The maximum absolute atomic E-state index is 12.8. The van der Waals surface area contributed by atoms with E-state index in [4.69, 9.17) is 11.5 Å². The molecular weight excluding hydrogens is 243 g/mol. The number of nitrogens with zero attached hydrogens (tertiary/aromatic N) is 2. The van der Waals surface area contributed by atoms with Crippen molar-refractivity contribution in [1.29, 1.82) is 0 Å². The van der Waals surface area contributed by atoms with Gasteiger partial charge in [-0.25, -0.2) is 14.4 Å². The van der Waals surface area contributed by atoms with Crippen molar-refractivity contribution in [3.05, 3.63) is 60.3 Å². The summed E-state index contributed by atoms with van der Waals surface area (Å²) in [6, 6.07) is 6.07. The van der Waals surface area contributed by atoms with Crippen LogP contribution in [0.25, 0.3) is 11.6 Å². The van der Waals surface area contributed by atoms with Crippen molar-refractivity contribution in [2.75, 3.05) is 11.5 Å². The van der Waals surface area contributed by atoms with E-state index in [1.54, 1.807) is 24.3 Å². The minimum absolute atomic E-state index is 0.238. The first-order valence-corrected chi connectivity index (χ1v) is 5.57. The predicted molar refractivity (Wildman–Crippen MR) is 75.3 cm³/mol. The van der Waals surface area contributed by atoms with Crippen molar-refractivity contribution in [1.82, 2.24) is 9.97 Å². The lowest BCUT2D eigenvalue weighted by Gasteiger charge is -2.03. The summed E-state index contributed by atoms with van der Waals surface area (Å²) < 4.78 is 12.8. The molecule has 1 heterocycles. The molecule has 1 aromatic carbocycles. The van der Waals surface area contributed by atoms with Crippen molar-refractivity contribution >= 4 is 23.2 Å². The summed E-state index contributed by atoms with van der Waals surface area (Å²) in [7, 11) is 0.